The number of β-amino-alcohol motifs (C(OH)–C–C–N with tert-alkyl or cyclic N) is 1. The number of Topliss-reactive ketones (excluding diaryl/α,β-unsaturated/α-hetero) is 1. The van der Waals surface area contributed by atoms with Crippen LogP contribution in [0.4, 0.5) is 10.7 Å². The van der Waals surface area contributed by atoms with Crippen molar-refractivity contribution in [1.82, 2.24) is 0 Å². The number of hydrogen-bond acceptors (Lipinski definition) is 6. The van der Waals surface area contributed by atoms with Gasteiger partial charge in [-0.1, -0.05) is 0 Å². The summed E-state index contributed by atoms with van der Waals surface area (Å²) < 4.78 is 5.40. The average molecular weight is 296 g/mol. The van der Waals surface area contributed by atoms with Crippen LogP contribution in [0.5, 0.6) is 5.75 Å². The summed E-state index contributed by atoms with van der Waals surface area (Å²) in [7, 11) is 1.57. The predicted octanol–water partition coefficient (Wildman–Crippen LogP) is 1.89. The Bertz CT molecular complexity index is 549. The molecule has 1 unspecified atom stereocenters. The first kappa shape index (κ1) is 13.7. The lowest BCUT2D eigenvalue weighted by atomic mass is 10.1. The highest BCUT2D eigenvalue weighted by molar-refractivity contribution is 7.19. The molecule has 3 N–H and O–H groups in total. The van der Waals surface area contributed by atoms with Gasteiger partial charge in [-0.05, 0) is 26.2 Å². The van der Waals surface area contributed by atoms with Gasteiger partial charge in [0.05, 0.1) is 23.3 Å². The minimum Gasteiger partial charge on any atom is -0.492 e. The Labute approximate surface area is 122 Å². The number of methoxy groups -OCH3 is 1. The molecule has 0 radical (unpaired) electrons. The zero-order chi connectivity index (χ0) is 14.5. The van der Waals surface area contributed by atoms with Gasteiger partial charge in [-0.25, -0.2) is 0 Å². The summed E-state index contributed by atoms with van der Waals surface area (Å²) >= 11 is 1.40. The fourth-order valence-electron chi connectivity index (χ4n) is 2.65. The van der Waals surface area contributed by atoms with Gasteiger partial charge in [-0.2, -0.15) is 0 Å². The molecule has 0 spiro atoms. The van der Waals surface area contributed by atoms with Gasteiger partial charge in [0, 0.05) is 19.0 Å². The summed E-state index contributed by atoms with van der Waals surface area (Å²) in [4.78, 5) is 14.9. The third kappa shape index (κ3) is 2.27. The maximum atomic E-state index is 12.3. The van der Waals surface area contributed by atoms with Crippen LogP contribution in [0.15, 0.2) is 0 Å². The summed E-state index contributed by atoms with van der Waals surface area (Å²) in [5, 5.41) is 11.0. The number of anilines is 2. The lowest BCUT2D eigenvalue weighted by Gasteiger charge is -2.20. The maximum absolute atomic E-state index is 12.3. The Balaban J connectivity index is 1.94. The van der Waals surface area contributed by atoms with Crippen LogP contribution in [-0.4, -0.2) is 36.7 Å². The predicted molar refractivity (Wildman–Crippen MR) is 79.8 cm³/mol. The van der Waals surface area contributed by atoms with Crippen LogP contribution in [0.3, 0.4) is 0 Å². The molecule has 1 aliphatic heterocycles. The molecule has 2 fully saturated rings. The van der Waals surface area contributed by atoms with E-state index in [9.17, 15) is 9.90 Å². The molecule has 0 bridgehead atoms. The molecule has 1 aliphatic carbocycles. The highest BCUT2D eigenvalue weighted by Gasteiger charge is 2.38. The molecule has 110 valence electrons. The smallest absolute Gasteiger partial charge is 0.178 e. The van der Waals surface area contributed by atoms with Crippen molar-refractivity contribution in [2.45, 2.75) is 31.8 Å². The zero-order valence-corrected chi connectivity index (χ0v) is 12.6. The van der Waals surface area contributed by atoms with E-state index in [1.165, 1.54) is 11.3 Å². The summed E-state index contributed by atoms with van der Waals surface area (Å²) in [6.07, 6.45) is 2.64. The largest absolute Gasteiger partial charge is 0.492 e. The normalized spacial score (nSPS) is 26.1. The number of rotatable bonds is 4. The van der Waals surface area contributed by atoms with Crippen molar-refractivity contribution in [3.05, 3.63) is 4.88 Å². The van der Waals surface area contributed by atoms with E-state index in [-0.39, 0.29) is 11.7 Å². The number of ether oxygens (including phenoxy) is 1. The fourth-order valence-corrected chi connectivity index (χ4v) is 3.89. The molecule has 20 heavy (non-hydrogen) atoms. The summed E-state index contributed by atoms with van der Waals surface area (Å²) in [6.45, 7) is 3.12. The van der Waals surface area contributed by atoms with E-state index >= 15 is 0 Å². The zero-order valence-electron chi connectivity index (χ0n) is 11.8. The van der Waals surface area contributed by atoms with Gasteiger partial charge in [-0.3, -0.25) is 4.79 Å². The highest BCUT2D eigenvalue weighted by atomic mass is 32.1. The molecule has 6 heteroatoms. The molecule has 2 heterocycles. The molecular formula is C14H20N2O3S. The SMILES string of the molecule is COc1c(N2CCC(C)(O)C2)sc(C(=O)C2CC2)c1N. The van der Waals surface area contributed by atoms with Crippen LogP contribution in [-0.2, 0) is 0 Å². The highest BCUT2D eigenvalue weighted by Crippen LogP contribution is 2.48. The number of carbonyl (C=O) groups is 1. The molecule has 3 rings (SSSR count). The molecule has 5 nitrogen and oxygen atoms in total. The molecule has 2 aliphatic rings. The van der Waals surface area contributed by atoms with Crippen LogP contribution < -0.4 is 15.4 Å². The fraction of sp³-hybridized carbons (Fsp3) is 0.643. The molecule has 1 saturated carbocycles. The van der Waals surface area contributed by atoms with Crippen molar-refractivity contribution in [2.75, 3.05) is 30.8 Å². The van der Waals surface area contributed by atoms with Gasteiger partial charge < -0.3 is 20.5 Å². The first-order valence-electron chi connectivity index (χ1n) is 6.91. The minimum atomic E-state index is -0.690. The van der Waals surface area contributed by atoms with Gasteiger partial charge in [0.25, 0.3) is 0 Å². The third-order valence-electron chi connectivity index (χ3n) is 4.00. The van der Waals surface area contributed by atoms with Crippen molar-refractivity contribution in [2.24, 2.45) is 5.92 Å². The van der Waals surface area contributed by atoms with E-state index < -0.39 is 5.60 Å². The van der Waals surface area contributed by atoms with Crippen molar-refractivity contribution in [3.8, 4) is 5.75 Å². The van der Waals surface area contributed by atoms with Crippen LogP contribution >= 0.6 is 11.3 Å². The quantitative estimate of drug-likeness (QED) is 0.830. The van der Waals surface area contributed by atoms with Crippen molar-refractivity contribution in [1.29, 1.82) is 0 Å². The van der Waals surface area contributed by atoms with Gasteiger partial charge >= 0.3 is 0 Å². The number of aliphatic hydroxyl groups is 1. The van der Waals surface area contributed by atoms with E-state index in [4.69, 9.17) is 10.5 Å². The number of carbonyl (C=O) groups excluding carboxylic acids is 1. The molecule has 1 saturated heterocycles. The standard InChI is InChI=1S/C14H20N2O3S/c1-14(18)5-6-16(7-14)13-11(19-2)9(15)12(20-13)10(17)8-3-4-8/h8,18H,3-7,15H2,1-2H3. The molecule has 0 aromatic carbocycles. The van der Waals surface area contributed by atoms with Gasteiger partial charge in [-0.15, -0.1) is 11.3 Å². The number of ketones is 1. The number of thiophene rings is 1. The summed E-state index contributed by atoms with van der Waals surface area (Å²) in [5.74, 6) is 0.870. The van der Waals surface area contributed by atoms with Crippen LogP contribution in [0.1, 0.15) is 35.9 Å². The average Bonchev–Trinajstić information content (AvgIpc) is 3.10. The van der Waals surface area contributed by atoms with E-state index in [1.54, 1.807) is 7.11 Å². The Morgan fingerprint density at radius 3 is 2.75 bits per heavy atom. The lowest BCUT2D eigenvalue weighted by molar-refractivity contribution is 0.0839. The molecule has 0 amide bonds. The number of hydrogen-bond donors (Lipinski definition) is 2. The first-order chi connectivity index (χ1) is 9.43. The van der Waals surface area contributed by atoms with Gasteiger partial charge in [0.15, 0.2) is 11.5 Å². The van der Waals surface area contributed by atoms with Gasteiger partial charge in [0.2, 0.25) is 0 Å². The van der Waals surface area contributed by atoms with Crippen molar-refractivity contribution in [3.63, 3.8) is 0 Å². The molecule has 1 aromatic rings. The van der Waals surface area contributed by atoms with Gasteiger partial charge in [0.1, 0.15) is 5.00 Å². The Morgan fingerprint density at radius 2 is 2.25 bits per heavy atom. The van der Waals surface area contributed by atoms with Crippen molar-refractivity contribution < 1.29 is 14.6 Å². The summed E-state index contributed by atoms with van der Waals surface area (Å²) in [5.41, 5.74) is 5.86. The Kier molecular flexibility index (Phi) is 3.17. The monoisotopic (exact) mass is 296 g/mol. The number of nitrogens with two attached hydrogens (primary N) is 1. The second kappa shape index (κ2) is 4.63. The van der Waals surface area contributed by atoms with E-state index in [1.807, 2.05) is 6.92 Å². The Morgan fingerprint density at radius 1 is 1.55 bits per heavy atom. The first-order valence-corrected chi connectivity index (χ1v) is 7.72. The molecular weight excluding hydrogens is 276 g/mol. The lowest BCUT2D eigenvalue weighted by Crippen LogP contribution is -2.29. The second-order valence-electron chi connectivity index (χ2n) is 5.99. The van der Waals surface area contributed by atoms with E-state index in [2.05, 4.69) is 4.90 Å². The summed E-state index contributed by atoms with van der Waals surface area (Å²) in [6, 6.07) is 0. The Hall–Kier alpha value is -1.27. The number of nitrogen functional groups attached to an aromatic ring is 1. The van der Waals surface area contributed by atoms with Crippen LogP contribution in [0.2, 0.25) is 0 Å². The van der Waals surface area contributed by atoms with Crippen molar-refractivity contribution >= 4 is 27.8 Å². The topological polar surface area (TPSA) is 75.8 Å². The maximum Gasteiger partial charge on any atom is 0.178 e. The van der Waals surface area contributed by atoms with Crippen LogP contribution in [0, 0.1) is 5.92 Å². The number of nitrogens with zero attached hydrogens (tertiary/aromatic N) is 1. The second-order valence-corrected chi connectivity index (χ2v) is 6.99. The molecule has 1 aromatic heterocycles. The third-order valence-corrected chi connectivity index (χ3v) is 5.26. The van der Waals surface area contributed by atoms with E-state index in [0.29, 0.717) is 29.3 Å². The molecule has 1 atom stereocenters. The van der Waals surface area contributed by atoms with Crippen LogP contribution in [0.25, 0.3) is 0 Å². The van der Waals surface area contributed by atoms with E-state index in [0.717, 1.165) is 24.4 Å². The minimum absolute atomic E-state index is 0.142.